The quantitative estimate of drug-likeness (QED) is 0.239. The average molecular weight is 412 g/mol. The molecule has 0 aliphatic rings. The van der Waals surface area contributed by atoms with E-state index in [-0.39, 0.29) is 29.2 Å². The van der Waals surface area contributed by atoms with Gasteiger partial charge < -0.3 is 14.8 Å². The number of hydrogen-bond donors (Lipinski definition) is 3. The number of H-pyrrole nitrogens is 2. The Bertz CT molecular complexity index is 1210. The number of aliphatic imine (C=N–C) groups is 1. The molecule has 0 fully saturated rings. The molecule has 1 atom stereocenters. The number of esters is 1. The summed E-state index contributed by atoms with van der Waals surface area (Å²) in [6.45, 7) is 3.80. The normalized spacial score (nSPS) is 12.3. The fourth-order valence-electron chi connectivity index (χ4n) is 3.00. The lowest BCUT2D eigenvalue weighted by molar-refractivity contribution is -0.142. The number of methoxy groups -OCH3 is 1. The summed E-state index contributed by atoms with van der Waals surface area (Å²) < 4.78 is 6.22. The van der Waals surface area contributed by atoms with E-state index in [2.05, 4.69) is 21.5 Å². The summed E-state index contributed by atoms with van der Waals surface area (Å²) in [6.07, 6.45) is 4.77. The van der Waals surface area contributed by atoms with Gasteiger partial charge in [0, 0.05) is 36.3 Å². The molecule has 8 nitrogen and oxygen atoms in total. The van der Waals surface area contributed by atoms with E-state index in [0.717, 1.165) is 16.5 Å². The smallest absolute Gasteiger partial charge is 0.330 e. The van der Waals surface area contributed by atoms with Gasteiger partial charge in [0.1, 0.15) is 5.56 Å². The first-order valence-electron chi connectivity index (χ1n) is 8.79. The van der Waals surface area contributed by atoms with E-state index < -0.39 is 17.6 Å². The van der Waals surface area contributed by atoms with Gasteiger partial charge in [0.25, 0.3) is 5.56 Å². The zero-order chi connectivity index (χ0) is 21.0. The predicted octanol–water partition coefficient (Wildman–Crippen LogP) is 2.48. The van der Waals surface area contributed by atoms with Crippen molar-refractivity contribution in [3.05, 3.63) is 69.4 Å². The molecular weight excluding hydrogens is 392 g/mol. The number of aromatic hydroxyl groups is 1. The molecule has 0 spiro atoms. The number of nitrogens with zero attached hydrogens (tertiary/aromatic N) is 2. The highest BCUT2D eigenvalue weighted by molar-refractivity contribution is 7.71. The number of rotatable bonds is 7. The summed E-state index contributed by atoms with van der Waals surface area (Å²) in [6, 6.07) is 6.80. The third kappa shape index (κ3) is 4.19. The number of para-hydroxylation sites is 1. The van der Waals surface area contributed by atoms with Crippen LogP contribution in [0.2, 0.25) is 0 Å². The van der Waals surface area contributed by atoms with E-state index in [9.17, 15) is 14.7 Å². The molecule has 150 valence electrons. The van der Waals surface area contributed by atoms with Gasteiger partial charge in [-0.05, 0) is 23.8 Å². The maximum Gasteiger partial charge on any atom is 0.330 e. The second kappa shape index (κ2) is 8.70. The Morgan fingerprint density at radius 2 is 2.21 bits per heavy atom. The molecule has 2 heterocycles. The molecule has 0 amide bonds. The molecule has 0 aliphatic heterocycles. The number of hydrogen-bond acceptors (Lipinski definition) is 6. The van der Waals surface area contributed by atoms with Crippen LogP contribution in [0.4, 0.5) is 0 Å². The van der Waals surface area contributed by atoms with Gasteiger partial charge in [0.15, 0.2) is 10.8 Å². The summed E-state index contributed by atoms with van der Waals surface area (Å²) >= 11 is 5.05. The van der Waals surface area contributed by atoms with Crippen LogP contribution in [-0.4, -0.2) is 45.0 Å². The van der Waals surface area contributed by atoms with Gasteiger partial charge in [-0.1, -0.05) is 24.3 Å². The molecule has 0 radical (unpaired) electrons. The monoisotopic (exact) mass is 412 g/mol. The largest absolute Gasteiger partial charge is 0.494 e. The van der Waals surface area contributed by atoms with Crippen molar-refractivity contribution in [3.8, 4) is 5.88 Å². The standard InChI is InChI=1S/C20H20N4O4S/c1-3-8-24-18(26)14(17(25)23-20(24)29)11-22-16(19(27)28-2)9-12-10-21-15-7-5-4-6-13(12)15/h3-7,10-11,16,21,26H,1,8-9H2,2H3,(H,23,25,29)/t16-/m1/s1. The van der Waals surface area contributed by atoms with Crippen molar-refractivity contribution in [3.63, 3.8) is 0 Å². The first-order chi connectivity index (χ1) is 14.0. The van der Waals surface area contributed by atoms with Crippen LogP contribution in [0, 0.1) is 4.77 Å². The van der Waals surface area contributed by atoms with Gasteiger partial charge in [-0.2, -0.15) is 0 Å². The van der Waals surface area contributed by atoms with Crippen molar-refractivity contribution in [2.24, 2.45) is 4.99 Å². The fraction of sp³-hybridized carbons (Fsp3) is 0.200. The molecule has 0 unspecified atom stereocenters. The van der Waals surface area contributed by atoms with E-state index in [1.165, 1.54) is 24.0 Å². The zero-order valence-electron chi connectivity index (χ0n) is 15.7. The number of allylic oxidation sites excluding steroid dienone is 1. The maximum absolute atomic E-state index is 12.3. The number of fused-ring (bicyclic) bond motifs is 1. The van der Waals surface area contributed by atoms with Crippen LogP contribution in [0.3, 0.4) is 0 Å². The molecule has 3 N–H and O–H groups in total. The minimum absolute atomic E-state index is 0.0628. The molecule has 29 heavy (non-hydrogen) atoms. The third-order valence-electron chi connectivity index (χ3n) is 4.46. The summed E-state index contributed by atoms with van der Waals surface area (Å²) in [5.41, 5.74) is 1.12. The first kappa shape index (κ1) is 20.3. The predicted molar refractivity (Wildman–Crippen MR) is 113 cm³/mol. The molecule has 3 aromatic rings. The Hall–Kier alpha value is -3.46. The molecule has 0 bridgehead atoms. The lowest BCUT2D eigenvalue weighted by Gasteiger charge is -2.11. The van der Waals surface area contributed by atoms with Crippen molar-refractivity contribution in [2.75, 3.05) is 7.11 Å². The minimum Gasteiger partial charge on any atom is -0.494 e. The zero-order valence-corrected chi connectivity index (χ0v) is 16.5. The fourth-order valence-corrected chi connectivity index (χ4v) is 3.25. The lowest BCUT2D eigenvalue weighted by Crippen LogP contribution is -2.24. The highest BCUT2D eigenvalue weighted by Crippen LogP contribution is 2.20. The number of aromatic nitrogens is 3. The van der Waals surface area contributed by atoms with Crippen LogP contribution in [0.15, 0.2) is 52.9 Å². The van der Waals surface area contributed by atoms with Gasteiger partial charge >= 0.3 is 5.97 Å². The molecule has 2 aromatic heterocycles. The topological polar surface area (TPSA) is 112 Å². The molecule has 3 rings (SSSR count). The Morgan fingerprint density at radius 3 is 2.93 bits per heavy atom. The Labute approximate surface area is 171 Å². The number of ether oxygens (including phenoxy) is 1. The Morgan fingerprint density at radius 1 is 1.45 bits per heavy atom. The number of carbonyl (C=O) groups is 1. The van der Waals surface area contributed by atoms with E-state index in [1.54, 1.807) is 0 Å². The summed E-state index contributed by atoms with van der Waals surface area (Å²) in [7, 11) is 1.27. The van der Waals surface area contributed by atoms with Crippen LogP contribution < -0.4 is 5.56 Å². The molecular formula is C20H20N4O4S. The summed E-state index contributed by atoms with van der Waals surface area (Å²) in [5.74, 6) is -0.903. The van der Waals surface area contributed by atoms with Crippen LogP contribution in [-0.2, 0) is 22.5 Å². The van der Waals surface area contributed by atoms with Gasteiger partial charge in [0.05, 0.1) is 7.11 Å². The second-order valence-corrected chi connectivity index (χ2v) is 6.66. The maximum atomic E-state index is 12.3. The summed E-state index contributed by atoms with van der Waals surface area (Å²) in [4.78, 5) is 34.3. The SMILES string of the molecule is C=CCn1c(O)c(C=N[C@H](Cc2c[nH]c3ccccc23)C(=O)OC)c(=O)[nH]c1=S. The highest BCUT2D eigenvalue weighted by atomic mass is 32.1. The molecule has 0 saturated carbocycles. The van der Waals surface area contributed by atoms with Crippen LogP contribution in [0.1, 0.15) is 11.1 Å². The molecule has 0 saturated heterocycles. The van der Waals surface area contributed by atoms with E-state index in [1.807, 2.05) is 30.5 Å². The van der Waals surface area contributed by atoms with Crippen LogP contribution in [0.25, 0.3) is 10.9 Å². The molecule has 1 aromatic carbocycles. The van der Waals surface area contributed by atoms with E-state index in [4.69, 9.17) is 17.0 Å². The van der Waals surface area contributed by atoms with Crippen molar-refractivity contribution < 1.29 is 14.6 Å². The number of nitrogens with one attached hydrogen (secondary N) is 2. The molecule has 0 aliphatic carbocycles. The van der Waals surface area contributed by atoms with Gasteiger partial charge in [0.2, 0.25) is 5.88 Å². The second-order valence-electron chi connectivity index (χ2n) is 6.28. The average Bonchev–Trinajstić information content (AvgIpc) is 3.12. The number of aromatic amines is 2. The van der Waals surface area contributed by atoms with E-state index in [0.29, 0.717) is 0 Å². The first-order valence-corrected chi connectivity index (χ1v) is 9.20. The number of carbonyl (C=O) groups excluding carboxylic acids is 1. The molecule has 9 heteroatoms. The van der Waals surface area contributed by atoms with Crippen LogP contribution in [0.5, 0.6) is 5.88 Å². The van der Waals surface area contributed by atoms with Crippen molar-refractivity contribution in [1.82, 2.24) is 14.5 Å². The minimum atomic E-state index is -0.894. The lowest BCUT2D eigenvalue weighted by atomic mass is 10.1. The Kier molecular flexibility index (Phi) is 6.08. The van der Waals surface area contributed by atoms with Crippen molar-refractivity contribution in [2.45, 2.75) is 19.0 Å². The van der Waals surface area contributed by atoms with Gasteiger partial charge in [-0.25, -0.2) is 4.79 Å². The van der Waals surface area contributed by atoms with Crippen LogP contribution >= 0.6 is 12.2 Å². The van der Waals surface area contributed by atoms with Crippen molar-refractivity contribution >= 4 is 35.3 Å². The van der Waals surface area contributed by atoms with Gasteiger partial charge in [-0.15, -0.1) is 6.58 Å². The van der Waals surface area contributed by atoms with Crippen molar-refractivity contribution in [1.29, 1.82) is 0 Å². The highest BCUT2D eigenvalue weighted by Gasteiger charge is 2.21. The van der Waals surface area contributed by atoms with Gasteiger partial charge in [-0.3, -0.25) is 19.3 Å². The summed E-state index contributed by atoms with van der Waals surface area (Å²) in [5, 5.41) is 11.4. The third-order valence-corrected chi connectivity index (χ3v) is 4.79. The van der Waals surface area contributed by atoms with E-state index >= 15 is 0 Å². The Balaban J connectivity index is 1.97. The number of benzene rings is 1.